The summed E-state index contributed by atoms with van der Waals surface area (Å²) < 4.78 is 28.1. The van der Waals surface area contributed by atoms with Crippen LogP contribution in [0.1, 0.15) is 5.56 Å². The molecule has 1 N–H and O–H groups in total. The van der Waals surface area contributed by atoms with Gasteiger partial charge in [0.2, 0.25) is 5.91 Å². The van der Waals surface area contributed by atoms with Crippen molar-refractivity contribution in [3.8, 4) is 5.75 Å². The maximum atomic E-state index is 11.9. The molecule has 6 heteroatoms. The Morgan fingerprint density at radius 2 is 2.00 bits per heavy atom. The van der Waals surface area contributed by atoms with E-state index >= 15 is 0 Å². The average molecular weight is 258 g/mol. The molecule has 1 amide bonds. The van der Waals surface area contributed by atoms with Gasteiger partial charge in [-0.15, -0.1) is 0 Å². The predicted molar refractivity (Wildman–Crippen MR) is 63.5 cm³/mol. The summed E-state index contributed by atoms with van der Waals surface area (Å²) in [5.74, 6) is 0.0726. The summed E-state index contributed by atoms with van der Waals surface area (Å²) in [6, 6.07) is 6.22. The van der Waals surface area contributed by atoms with Crippen LogP contribution in [0.3, 0.4) is 0 Å². The van der Waals surface area contributed by atoms with Crippen LogP contribution in [0.4, 0.5) is 8.78 Å². The van der Waals surface area contributed by atoms with Crippen LogP contribution in [0.5, 0.6) is 5.75 Å². The molecule has 0 aliphatic carbocycles. The number of nitrogens with one attached hydrogen (secondary N) is 1. The molecule has 0 saturated heterocycles. The molecule has 0 aliphatic heterocycles. The Balaban J connectivity index is 2.55. The van der Waals surface area contributed by atoms with Gasteiger partial charge in [-0.2, -0.15) is 8.78 Å². The van der Waals surface area contributed by atoms with Gasteiger partial charge in [0.15, 0.2) is 0 Å². The van der Waals surface area contributed by atoms with E-state index in [4.69, 9.17) is 0 Å². The number of likely N-dealkylation sites (N-methyl/N-ethyl adjacent to an activating group) is 2. The van der Waals surface area contributed by atoms with Crippen molar-refractivity contribution in [1.82, 2.24) is 10.2 Å². The number of ether oxygens (including phenoxy) is 1. The number of halogens is 2. The molecule has 100 valence electrons. The van der Waals surface area contributed by atoms with Gasteiger partial charge in [0.25, 0.3) is 0 Å². The van der Waals surface area contributed by atoms with Crippen molar-refractivity contribution in [2.75, 3.05) is 20.6 Å². The third-order valence-corrected chi connectivity index (χ3v) is 2.32. The Morgan fingerprint density at radius 1 is 1.39 bits per heavy atom. The van der Waals surface area contributed by atoms with E-state index in [1.165, 1.54) is 12.1 Å². The Kier molecular flexibility index (Phi) is 5.51. The topological polar surface area (TPSA) is 41.6 Å². The quantitative estimate of drug-likeness (QED) is 0.840. The van der Waals surface area contributed by atoms with Crippen LogP contribution < -0.4 is 10.1 Å². The third-order valence-electron chi connectivity index (χ3n) is 2.32. The number of nitrogens with zero attached hydrogens (tertiary/aromatic N) is 1. The first kappa shape index (κ1) is 14.4. The molecule has 0 fully saturated rings. The molecule has 0 atom stereocenters. The zero-order chi connectivity index (χ0) is 13.5. The highest BCUT2D eigenvalue weighted by atomic mass is 19.3. The zero-order valence-electron chi connectivity index (χ0n) is 10.3. The summed E-state index contributed by atoms with van der Waals surface area (Å²) in [5, 5.41) is 2.77. The smallest absolute Gasteiger partial charge is 0.387 e. The molecule has 1 aromatic rings. The lowest BCUT2D eigenvalue weighted by Crippen LogP contribution is -2.33. The Hall–Kier alpha value is -1.69. The van der Waals surface area contributed by atoms with Gasteiger partial charge >= 0.3 is 6.61 Å². The molecular weight excluding hydrogens is 242 g/mol. The standard InChI is InChI=1S/C12H16F2N2O2/c1-15-7-11(17)16(2)8-9-3-5-10(6-4-9)18-12(13)14/h3-6,12,15H,7-8H2,1-2H3. The van der Waals surface area contributed by atoms with E-state index < -0.39 is 6.61 Å². The zero-order valence-corrected chi connectivity index (χ0v) is 10.3. The summed E-state index contributed by atoms with van der Waals surface area (Å²) in [5.41, 5.74) is 0.851. The van der Waals surface area contributed by atoms with E-state index in [1.54, 1.807) is 31.1 Å². The van der Waals surface area contributed by atoms with Gasteiger partial charge in [-0.1, -0.05) is 12.1 Å². The SMILES string of the molecule is CNCC(=O)N(C)Cc1ccc(OC(F)F)cc1. The van der Waals surface area contributed by atoms with E-state index in [-0.39, 0.29) is 18.2 Å². The van der Waals surface area contributed by atoms with Gasteiger partial charge in [-0.05, 0) is 24.7 Å². The first-order chi connectivity index (χ1) is 8.52. The van der Waals surface area contributed by atoms with E-state index in [0.717, 1.165) is 5.56 Å². The summed E-state index contributed by atoms with van der Waals surface area (Å²) in [4.78, 5) is 13.1. The molecule has 1 rings (SSSR count). The largest absolute Gasteiger partial charge is 0.435 e. The second-order valence-electron chi connectivity index (χ2n) is 3.80. The van der Waals surface area contributed by atoms with Crippen molar-refractivity contribution in [2.45, 2.75) is 13.2 Å². The van der Waals surface area contributed by atoms with Gasteiger partial charge in [0.1, 0.15) is 5.75 Å². The molecule has 0 radical (unpaired) electrons. The fraction of sp³-hybridized carbons (Fsp3) is 0.417. The summed E-state index contributed by atoms with van der Waals surface area (Å²) >= 11 is 0. The predicted octanol–water partition coefficient (Wildman–Crippen LogP) is 1.47. The first-order valence-corrected chi connectivity index (χ1v) is 5.45. The van der Waals surface area contributed by atoms with Crippen molar-refractivity contribution in [2.24, 2.45) is 0 Å². The third kappa shape index (κ3) is 4.67. The van der Waals surface area contributed by atoms with Crippen LogP contribution in [0.25, 0.3) is 0 Å². The van der Waals surface area contributed by atoms with Gasteiger partial charge in [0.05, 0.1) is 6.54 Å². The van der Waals surface area contributed by atoms with E-state index in [9.17, 15) is 13.6 Å². The van der Waals surface area contributed by atoms with E-state index in [0.29, 0.717) is 6.54 Å². The molecule has 0 bridgehead atoms. The molecule has 1 aromatic carbocycles. The minimum Gasteiger partial charge on any atom is -0.435 e. The highest BCUT2D eigenvalue weighted by Gasteiger charge is 2.08. The number of benzene rings is 1. The fourth-order valence-corrected chi connectivity index (χ4v) is 1.42. The molecule has 0 saturated carbocycles. The monoisotopic (exact) mass is 258 g/mol. The van der Waals surface area contributed by atoms with E-state index in [1.807, 2.05) is 0 Å². The number of hydrogen-bond acceptors (Lipinski definition) is 3. The molecular formula is C12H16F2N2O2. The number of rotatable bonds is 6. The molecule has 0 heterocycles. The number of alkyl halides is 2. The van der Waals surface area contributed by atoms with E-state index in [2.05, 4.69) is 10.1 Å². The van der Waals surface area contributed by atoms with Crippen LogP contribution in [-0.4, -0.2) is 38.1 Å². The molecule has 0 unspecified atom stereocenters. The van der Waals surface area contributed by atoms with Crippen LogP contribution in [0.2, 0.25) is 0 Å². The maximum Gasteiger partial charge on any atom is 0.387 e. The maximum absolute atomic E-state index is 11.9. The number of hydrogen-bond donors (Lipinski definition) is 1. The van der Waals surface area contributed by atoms with Gasteiger partial charge < -0.3 is 15.0 Å². The van der Waals surface area contributed by atoms with Crippen molar-refractivity contribution in [1.29, 1.82) is 0 Å². The second kappa shape index (κ2) is 6.90. The second-order valence-corrected chi connectivity index (χ2v) is 3.80. The summed E-state index contributed by atoms with van der Waals surface area (Å²) in [7, 11) is 3.38. The highest BCUT2D eigenvalue weighted by molar-refractivity contribution is 5.77. The lowest BCUT2D eigenvalue weighted by Gasteiger charge is -2.17. The minimum atomic E-state index is -2.82. The fourth-order valence-electron chi connectivity index (χ4n) is 1.42. The van der Waals surface area contributed by atoms with Crippen LogP contribution in [0, 0.1) is 0 Å². The van der Waals surface area contributed by atoms with Crippen molar-refractivity contribution in [3.63, 3.8) is 0 Å². The molecule has 0 aromatic heterocycles. The highest BCUT2D eigenvalue weighted by Crippen LogP contribution is 2.15. The summed E-state index contributed by atoms with van der Waals surface area (Å²) in [6.07, 6.45) is 0. The van der Waals surface area contributed by atoms with Crippen molar-refractivity contribution < 1.29 is 18.3 Å². The number of carbonyl (C=O) groups excluding carboxylic acids is 1. The van der Waals surface area contributed by atoms with Gasteiger partial charge in [0, 0.05) is 13.6 Å². The Labute approximate surface area is 105 Å². The average Bonchev–Trinajstić information content (AvgIpc) is 2.31. The van der Waals surface area contributed by atoms with Crippen molar-refractivity contribution >= 4 is 5.91 Å². The van der Waals surface area contributed by atoms with Crippen LogP contribution in [-0.2, 0) is 11.3 Å². The molecule has 4 nitrogen and oxygen atoms in total. The lowest BCUT2D eigenvalue weighted by molar-refractivity contribution is -0.129. The molecule has 0 spiro atoms. The van der Waals surface area contributed by atoms with Crippen LogP contribution >= 0.6 is 0 Å². The molecule has 0 aliphatic rings. The normalized spacial score (nSPS) is 10.5. The van der Waals surface area contributed by atoms with Gasteiger partial charge in [-0.3, -0.25) is 4.79 Å². The van der Waals surface area contributed by atoms with Crippen molar-refractivity contribution in [3.05, 3.63) is 29.8 Å². The number of carbonyl (C=O) groups is 1. The Bertz CT molecular complexity index is 382. The minimum absolute atomic E-state index is 0.0367. The lowest BCUT2D eigenvalue weighted by atomic mass is 10.2. The van der Waals surface area contributed by atoms with Crippen LogP contribution in [0.15, 0.2) is 24.3 Å². The summed E-state index contributed by atoms with van der Waals surface area (Å²) in [6.45, 7) is -2.13. The first-order valence-electron chi connectivity index (χ1n) is 5.45. The number of amides is 1. The molecule has 18 heavy (non-hydrogen) atoms. The Morgan fingerprint density at radius 3 is 2.50 bits per heavy atom. The van der Waals surface area contributed by atoms with Gasteiger partial charge in [-0.25, -0.2) is 0 Å².